The summed E-state index contributed by atoms with van der Waals surface area (Å²) in [6.07, 6.45) is 3.89. The van der Waals surface area contributed by atoms with Crippen LogP contribution in [-0.2, 0) is 9.59 Å². The monoisotopic (exact) mass is 367 g/mol. The van der Waals surface area contributed by atoms with Gasteiger partial charge >= 0.3 is 0 Å². The number of fused-ring (bicyclic) bond motifs is 2. The molecule has 5 saturated heterocycles. The molecule has 0 radical (unpaired) electrons. The van der Waals surface area contributed by atoms with E-state index in [0.717, 1.165) is 19.5 Å². The quantitative estimate of drug-likeness (QED) is 0.821. The van der Waals surface area contributed by atoms with Gasteiger partial charge in [-0.1, -0.05) is 29.8 Å². The molecule has 5 heteroatoms. The molecule has 0 unspecified atom stereocenters. The summed E-state index contributed by atoms with van der Waals surface area (Å²) in [6, 6.07) is 9.64. The number of hydrogen-bond donors (Lipinski definition) is 0. The van der Waals surface area contributed by atoms with Crippen molar-refractivity contribution >= 4 is 11.8 Å². The zero-order chi connectivity index (χ0) is 18.5. The maximum atomic E-state index is 13.2. The van der Waals surface area contributed by atoms with E-state index in [9.17, 15) is 9.59 Å². The van der Waals surface area contributed by atoms with E-state index in [1.165, 1.54) is 37.1 Å². The Labute approximate surface area is 161 Å². The van der Waals surface area contributed by atoms with Crippen molar-refractivity contribution < 1.29 is 9.59 Å². The minimum absolute atomic E-state index is 0.142. The van der Waals surface area contributed by atoms with Crippen LogP contribution in [0.1, 0.15) is 42.7 Å². The highest BCUT2D eigenvalue weighted by Gasteiger charge is 2.54. The Kier molecular flexibility index (Phi) is 4.23. The molecule has 1 aromatic rings. The second-order valence-corrected chi connectivity index (χ2v) is 8.84. The number of benzene rings is 1. The lowest BCUT2D eigenvalue weighted by molar-refractivity contribution is -0.141. The Balaban J connectivity index is 1.42. The van der Waals surface area contributed by atoms with Gasteiger partial charge in [0.05, 0.1) is 12.6 Å². The van der Waals surface area contributed by atoms with Gasteiger partial charge in [0, 0.05) is 31.5 Å². The molecule has 0 N–H and O–H groups in total. The van der Waals surface area contributed by atoms with Crippen molar-refractivity contribution in [2.75, 3.05) is 32.7 Å². The predicted molar refractivity (Wildman–Crippen MR) is 103 cm³/mol. The number of aryl methyl sites for hydroxylation is 1. The van der Waals surface area contributed by atoms with Crippen LogP contribution in [0.25, 0.3) is 0 Å². The molecule has 144 valence electrons. The molecule has 1 aromatic carbocycles. The first-order valence-corrected chi connectivity index (χ1v) is 10.5. The molecule has 0 saturated carbocycles. The molecule has 5 aliphatic rings. The van der Waals surface area contributed by atoms with Crippen LogP contribution in [-0.4, -0.2) is 71.3 Å². The van der Waals surface area contributed by atoms with Gasteiger partial charge in [0.15, 0.2) is 0 Å². The molecular formula is C22H29N3O2. The Bertz CT molecular complexity index is 738. The van der Waals surface area contributed by atoms with Gasteiger partial charge < -0.3 is 9.80 Å². The Morgan fingerprint density at radius 1 is 1.07 bits per heavy atom. The molecule has 5 aliphatic heterocycles. The molecule has 5 heterocycles. The van der Waals surface area contributed by atoms with Gasteiger partial charge in [0.2, 0.25) is 11.8 Å². The molecule has 0 spiro atoms. The lowest BCUT2D eigenvalue weighted by atomic mass is 9.75. The van der Waals surface area contributed by atoms with Crippen LogP contribution in [0.5, 0.6) is 0 Å². The summed E-state index contributed by atoms with van der Waals surface area (Å²) in [5, 5.41) is 0. The van der Waals surface area contributed by atoms with E-state index in [0.29, 0.717) is 30.3 Å². The number of nitrogens with zero attached hydrogens (tertiary/aromatic N) is 3. The number of amides is 2. The summed E-state index contributed by atoms with van der Waals surface area (Å²) >= 11 is 0. The van der Waals surface area contributed by atoms with Crippen molar-refractivity contribution in [3.05, 3.63) is 35.4 Å². The molecular weight excluding hydrogens is 338 g/mol. The van der Waals surface area contributed by atoms with E-state index in [1.807, 2.05) is 0 Å². The molecule has 0 aromatic heterocycles. The van der Waals surface area contributed by atoms with E-state index in [2.05, 4.69) is 41.0 Å². The van der Waals surface area contributed by atoms with Crippen molar-refractivity contribution in [2.24, 2.45) is 5.92 Å². The maximum absolute atomic E-state index is 13.2. The molecule has 2 bridgehead atoms. The van der Waals surface area contributed by atoms with Crippen LogP contribution >= 0.6 is 0 Å². The molecule has 5 nitrogen and oxygen atoms in total. The van der Waals surface area contributed by atoms with Crippen LogP contribution in [0, 0.1) is 12.8 Å². The summed E-state index contributed by atoms with van der Waals surface area (Å²) in [5.74, 6) is 1.30. The van der Waals surface area contributed by atoms with Gasteiger partial charge in [-0.05, 0) is 50.8 Å². The second kappa shape index (κ2) is 6.62. The third-order valence-corrected chi connectivity index (χ3v) is 7.32. The fourth-order valence-electron chi connectivity index (χ4n) is 5.94. The highest BCUT2D eigenvalue weighted by molar-refractivity contribution is 5.86. The molecule has 6 rings (SSSR count). The lowest BCUT2D eigenvalue weighted by Gasteiger charge is -2.51. The third-order valence-electron chi connectivity index (χ3n) is 7.32. The number of piperidine rings is 3. The van der Waals surface area contributed by atoms with E-state index in [4.69, 9.17) is 0 Å². The van der Waals surface area contributed by atoms with Crippen LogP contribution in [0.3, 0.4) is 0 Å². The van der Waals surface area contributed by atoms with Crippen LogP contribution in [0.4, 0.5) is 0 Å². The van der Waals surface area contributed by atoms with Crippen LogP contribution in [0.2, 0.25) is 0 Å². The summed E-state index contributed by atoms with van der Waals surface area (Å²) in [4.78, 5) is 31.8. The largest absolute Gasteiger partial charge is 0.336 e. The Hall–Kier alpha value is -1.88. The Morgan fingerprint density at radius 3 is 2.48 bits per heavy atom. The number of carbonyl (C=O) groups is 2. The maximum Gasteiger partial charge on any atom is 0.242 e. The van der Waals surface area contributed by atoms with Gasteiger partial charge in [-0.25, -0.2) is 0 Å². The average Bonchev–Trinajstić information content (AvgIpc) is 3.29. The number of likely N-dealkylation sites (tertiary alicyclic amines) is 2. The second-order valence-electron chi connectivity index (χ2n) is 8.84. The van der Waals surface area contributed by atoms with E-state index >= 15 is 0 Å². The minimum atomic E-state index is 0.142. The first-order chi connectivity index (χ1) is 13.1. The smallest absolute Gasteiger partial charge is 0.242 e. The van der Waals surface area contributed by atoms with Crippen molar-refractivity contribution in [2.45, 2.75) is 50.6 Å². The SMILES string of the molecule is Cc1ccc([C@@H]2CN(C(=O)CN3CCCC3=O)[C@H]3C4CCN(CC4)[C@@H]23)cc1. The first-order valence-electron chi connectivity index (χ1n) is 10.5. The molecule has 5 fully saturated rings. The van der Waals surface area contributed by atoms with E-state index < -0.39 is 0 Å². The highest BCUT2D eigenvalue weighted by atomic mass is 16.2. The predicted octanol–water partition coefficient (Wildman–Crippen LogP) is 2.01. The van der Waals surface area contributed by atoms with Gasteiger partial charge in [-0.2, -0.15) is 0 Å². The first kappa shape index (κ1) is 17.2. The average molecular weight is 367 g/mol. The van der Waals surface area contributed by atoms with Gasteiger partial charge in [-0.15, -0.1) is 0 Å². The summed E-state index contributed by atoms with van der Waals surface area (Å²) in [7, 11) is 0. The molecule has 27 heavy (non-hydrogen) atoms. The van der Waals surface area contributed by atoms with Crippen molar-refractivity contribution in [3.63, 3.8) is 0 Å². The normalized spacial score (nSPS) is 35.0. The number of hydrogen-bond acceptors (Lipinski definition) is 3. The Morgan fingerprint density at radius 2 is 1.81 bits per heavy atom. The zero-order valence-electron chi connectivity index (χ0n) is 16.1. The van der Waals surface area contributed by atoms with Crippen LogP contribution < -0.4 is 0 Å². The van der Waals surface area contributed by atoms with Crippen molar-refractivity contribution in [1.82, 2.24) is 14.7 Å². The van der Waals surface area contributed by atoms with Crippen LogP contribution in [0.15, 0.2) is 24.3 Å². The van der Waals surface area contributed by atoms with Gasteiger partial charge in [-0.3, -0.25) is 14.5 Å². The standard InChI is InChI=1S/C22H29N3O2/c1-15-4-6-16(7-5-15)18-13-25(20(27)14-24-10-2-3-19(24)26)21-17-8-11-23(12-9-17)22(18)21/h4-7,17-18,21-22H,2-3,8-14H2,1H3/t18-,21-,22-/m0/s1. The fourth-order valence-corrected chi connectivity index (χ4v) is 5.94. The van der Waals surface area contributed by atoms with Gasteiger partial charge in [0.25, 0.3) is 0 Å². The minimum Gasteiger partial charge on any atom is -0.336 e. The number of rotatable bonds is 3. The summed E-state index contributed by atoms with van der Waals surface area (Å²) < 4.78 is 0. The van der Waals surface area contributed by atoms with Crippen molar-refractivity contribution in [3.8, 4) is 0 Å². The number of carbonyl (C=O) groups excluding carboxylic acids is 2. The topological polar surface area (TPSA) is 43.9 Å². The van der Waals surface area contributed by atoms with E-state index in [-0.39, 0.29) is 18.4 Å². The fraction of sp³-hybridized carbons (Fsp3) is 0.636. The highest BCUT2D eigenvalue weighted by Crippen LogP contribution is 2.46. The third kappa shape index (κ3) is 2.87. The zero-order valence-corrected chi connectivity index (χ0v) is 16.1. The van der Waals surface area contributed by atoms with Gasteiger partial charge in [0.1, 0.15) is 0 Å². The lowest BCUT2D eigenvalue weighted by Crippen LogP contribution is -2.61. The molecule has 0 aliphatic carbocycles. The van der Waals surface area contributed by atoms with Crippen molar-refractivity contribution in [1.29, 1.82) is 0 Å². The summed E-state index contributed by atoms with van der Waals surface area (Å²) in [5.41, 5.74) is 2.63. The summed E-state index contributed by atoms with van der Waals surface area (Å²) in [6.45, 7) is 6.27. The van der Waals surface area contributed by atoms with E-state index in [1.54, 1.807) is 4.90 Å². The molecule has 3 atom stereocenters. The molecule has 2 amide bonds.